The average Bonchev–Trinajstić information content (AvgIpc) is 3.37. The van der Waals surface area contributed by atoms with E-state index in [2.05, 4.69) is 15.2 Å². The van der Waals surface area contributed by atoms with Gasteiger partial charge in [-0.1, -0.05) is 0 Å². The summed E-state index contributed by atoms with van der Waals surface area (Å²) in [5.41, 5.74) is 3.71. The normalized spacial score (nSPS) is 13.8. The molecule has 0 atom stereocenters. The van der Waals surface area contributed by atoms with Gasteiger partial charge in [-0.05, 0) is 48.2 Å². The number of halogens is 2. The molecular weight excluding hydrogens is 390 g/mol. The number of hydrogen-bond acceptors (Lipinski definition) is 5. The number of aromatic nitrogens is 5. The van der Waals surface area contributed by atoms with E-state index in [1.807, 2.05) is 11.0 Å². The molecule has 1 aliphatic heterocycles. The molecule has 4 aromatic rings. The number of imidazole rings is 1. The first kappa shape index (κ1) is 18.4. The van der Waals surface area contributed by atoms with Crippen molar-refractivity contribution >= 4 is 23.4 Å². The molecule has 1 aromatic carbocycles. The zero-order valence-electron chi connectivity index (χ0n) is 16.2. The number of fused-ring (bicyclic) bond motifs is 2. The first-order valence-corrected chi connectivity index (χ1v) is 9.56. The Morgan fingerprint density at radius 2 is 2.07 bits per heavy atom. The Balaban J connectivity index is 1.65. The van der Waals surface area contributed by atoms with Crippen LogP contribution < -0.4 is 4.90 Å². The fourth-order valence-corrected chi connectivity index (χ4v) is 3.98. The summed E-state index contributed by atoms with van der Waals surface area (Å²) in [6.07, 6.45) is 4.51. The Hall–Kier alpha value is -3.62. The number of rotatable bonds is 4. The van der Waals surface area contributed by atoms with Crippen LogP contribution in [0.25, 0.3) is 16.8 Å². The largest absolute Gasteiger partial charge is 0.325 e. The van der Waals surface area contributed by atoms with Crippen LogP contribution >= 0.6 is 0 Å². The van der Waals surface area contributed by atoms with E-state index in [4.69, 9.17) is 0 Å². The van der Waals surface area contributed by atoms with Gasteiger partial charge < -0.3 is 4.90 Å². The van der Waals surface area contributed by atoms with Gasteiger partial charge in [0, 0.05) is 36.6 Å². The maximum atomic E-state index is 14.0. The van der Waals surface area contributed by atoms with E-state index >= 15 is 0 Å². The highest BCUT2D eigenvalue weighted by Gasteiger charge is 2.25. The maximum Gasteiger partial charge on any atom is 0.264 e. The van der Waals surface area contributed by atoms with Gasteiger partial charge in [-0.25, -0.2) is 18.3 Å². The van der Waals surface area contributed by atoms with Crippen molar-refractivity contribution in [1.29, 1.82) is 0 Å². The first-order valence-electron chi connectivity index (χ1n) is 9.56. The zero-order valence-corrected chi connectivity index (χ0v) is 16.2. The van der Waals surface area contributed by atoms with E-state index in [1.54, 1.807) is 42.3 Å². The van der Waals surface area contributed by atoms with E-state index in [0.717, 1.165) is 18.4 Å². The van der Waals surface area contributed by atoms with Gasteiger partial charge in [-0.2, -0.15) is 5.10 Å². The second-order valence-corrected chi connectivity index (χ2v) is 7.29. The minimum absolute atomic E-state index is 0.0362. The van der Waals surface area contributed by atoms with Gasteiger partial charge in [-0.3, -0.25) is 9.48 Å². The Labute approximate surface area is 170 Å². The Kier molecular flexibility index (Phi) is 4.30. The van der Waals surface area contributed by atoms with Crippen LogP contribution in [0.15, 0.2) is 42.9 Å². The molecule has 9 heteroatoms. The predicted molar refractivity (Wildman–Crippen MR) is 107 cm³/mol. The molecule has 0 aliphatic carbocycles. The van der Waals surface area contributed by atoms with Gasteiger partial charge in [0.2, 0.25) is 0 Å². The standard InChI is InChI=1S/C21H18F2N6O/c1-27-11-14(9-25-27)16-7-13-3-2-6-28(18(13)8-17(16)21(22)23)20-5-4-19-24-10-15(12-30)29(19)26-20/h4-5,7-12,21H,2-3,6H2,1H3. The van der Waals surface area contributed by atoms with Crippen LogP contribution in [0.5, 0.6) is 0 Å². The molecule has 0 fully saturated rings. The Bertz CT molecular complexity index is 1260. The first-order chi connectivity index (χ1) is 14.5. The number of anilines is 2. The van der Waals surface area contributed by atoms with Crippen LogP contribution in [0.1, 0.15) is 34.5 Å². The number of hydrogen-bond donors (Lipinski definition) is 0. The summed E-state index contributed by atoms with van der Waals surface area (Å²) in [7, 11) is 1.76. The molecule has 0 N–H and O–H groups in total. The van der Waals surface area contributed by atoms with E-state index < -0.39 is 6.43 Å². The number of carbonyl (C=O) groups excluding carboxylic acids is 1. The molecular formula is C21H18F2N6O. The van der Waals surface area contributed by atoms with E-state index in [0.29, 0.717) is 46.8 Å². The minimum atomic E-state index is -2.62. The van der Waals surface area contributed by atoms with Crippen molar-refractivity contribution in [2.75, 3.05) is 11.4 Å². The van der Waals surface area contributed by atoms with Crippen molar-refractivity contribution in [1.82, 2.24) is 24.4 Å². The van der Waals surface area contributed by atoms with Crippen molar-refractivity contribution in [2.45, 2.75) is 19.3 Å². The summed E-state index contributed by atoms with van der Waals surface area (Å²) in [5.74, 6) is 0.582. The van der Waals surface area contributed by atoms with E-state index in [1.165, 1.54) is 10.7 Å². The summed E-state index contributed by atoms with van der Waals surface area (Å²) in [4.78, 5) is 17.3. The van der Waals surface area contributed by atoms with Crippen LogP contribution in [0.4, 0.5) is 20.3 Å². The summed E-state index contributed by atoms with van der Waals surface area (Å²) < 4.78 is 31.0. The molecule has 7 nitrogen and oxygen atoms in total. The number of aryl methyl sites for hydroxylation is 2. The average molecular weight is 408 g/mol. The SMILES string of the molecule is Cn1cc(-c2cc3c(cc2C(F)F)N(c2ccc4ncc(C=O)n4n2)CCC3)cn1. The van der Waals surface area contributed by atoms with Gasteiger partial charge >= 0.3 is 0 Å². The Morgan fingerprint density at radius 1 is 1.20 bits per heavy atom. The van der Waals surface area contributed by atoms with Crippen molar-refractivity contribution in [3.63, 3.8) is 0 Å². The van der Waals surface area contributed by atoms with E-state index in [9.17, 15) is 13.6 Å². The van der Waals surface area contributed by atoms with Gasteiger partial charge in [0.1, 0.15) is 5.69 Å². The molecule has 5 rings (SSSR count). The molecule has 3 aromatic heterocycles. The van der Waals surface area contributed by atoms with Crippen molar-refractivity contribution in [3.05, 3.63) is 59.7 Å². The summed E-state index contributed by atoms with van der Waals surface area (Å²) >= 11 is 0. The second kappa shape index (κ2) is 7.01. The smallest absolute Gasteiger partial charge is 0.264 e. The van der Waals surface area contributed by atoms with Crippen LogP contribution in [-0.2, 0) is 13.5 Å². The molecule has 1 aliphatic rings. The monoisotopic (exact) mass is 408 g/mol. The third-order valence-corrected chi connectivity index (χ3v) is 5.39. The lowest BCUT2D eigenvalue weighted by Gasteiger charge is -2.31. The molecule has 0 unspecified atom stereocenters. The summed E-state index contributed by atoms with van der Waals surface area (Å²) in [6.45, 7) is 0.644. The van der Waals surface area contributed by atoms with E-state index in [-0.39, 0.29) is 5.56 Å². The van der Waals surface area contributed by atoms with Crippen LogP contribution in [0.2, 0.25) is 0 Å². The van der Waals surface area contributed by atoms with Gasteiger partial charge in [0.15, 0.2) is 17.8 Å². The summed E-state index contributed by atoms with van der Waals surface area (Å²) in [5, 5.41) is 8.66. The third-order valence-electron chi connectivity index (χ3n) is 5.39. The van der Waals surface area contributed by atoms with Crippen LogP contribution in [-0.4, -0.2) is 37.2 Å². The molecule has 152 valence electrons. The van der Waals surface area contributed by atoms with Gasteiger partial charge in [0.05, 0.1) is 12.4 Å². The molecule has 0 radical (unpaired) electrons. The number of carbonyl (C=O) groups is 1. The molecule has 0 saturated heterocycles. The lowest BCUT2D eigenvalue weighted by molar-refractivity contribution is 0.111. The Morgan fingerprint density at radius 3 is 2.80 bits per heavy atom. The van der Waals surface area contributed by atoms with Crippen LogP contribution in [0, 0.1) is 0 Å². The lowest BCUT2D eigenvalue weighted by atomic mass is 9.93. The zero-order chi connectivity index (χ0) is 20.8. The number of nitrogens with zero attached hydrogens (tertiary/aromatic N) is 6. The van der Waals surface area contributed by atoms with Gasteiger partial charge in [-0.15, -0.1) is 5.10 Å². The molecule has 4 heterocycles. The highest BCUT2D eigenvalue weighted by Crippen LogP contribution is 2.40. The topological polar surface area (TPSA) is 68.3 Å². The molecule has 0 amide bonds. The fraction of sp³-hybridized carbons (Fsp3) is 0.238. The maximum absolute atomic E-state index is 14.0. The predicted octanol–water partition coefficient (Wildman–Crippen LogP) is 3.96. The molecule has 0 spiro atoms. The minimum Gasteiger partial charge on any atom is -0.325 e. The lowest BCUT2D eigenvalue weighted by Crippen LogP contribution is -2.26. The number of alkyl halides is 2. The van der Waals surface area contributed by atoms with Crippen molar-refractivity contribution < 1.29 is 13.6 Å². The van der Waals surface area contributed by atoms with Crippen LogP contribution in [0.3, 0.4) is 0 Å². The number of benzene rings is 1. The molecule has 0 saturated carbocycles. The highest BCUT2D eigenvalue weighted by molar-refractivity contribution is 5.77. The second-order valence-electron chi connectivity index (χ2n) is 7.29. The fourth-order valence-electron chi connectivity index (χ4n) is 3.98. The molecule has 0 bridgehead atoms. The third kappa shape index (κ3) is 2.94. The summed E-state index contributed by atoms with van der Waals surface area (Å²) in [6, 6.07) is 6.96. The number of aldehydes is 1. The molecule has 30 heavy (non-hydrogen) atoms. The van der Waals surface area contributed by atoms with Crippen molar-refractivity contribution in [3.8, 4) is 11.1 Å². The highest BCUT2D eigenvalue weighted by atomic mass is 19.3. The van der Waals surface area contributed by atoms with Crippen molar-refractivity contribution in [2.24, 2.45) is 7.05 Å². The van der Waals surface area contributed by atoms with Gasteiger partial charge in [0.25, 0.3) is 6.43 Å². The quantitative estimate of drug-likeness (QED) is 0.478.